The van der Waals surface area contributed by atoms with Crippen LogP contribution in [0, 0.1) is 5.82 Å². The highest BCUT2D eigenvalue weighted by molar-refractivity contribution is 6.33. The fourth-order valence-corrected chi connectivity index (χ4v) is 3.27. The molecule has 0 atom stereocenters. The number of amides is 1. The van der Waals surface area contributed by atoms with Gasteiger partial charge in [-0.2, -0.15) is 0 Å². The zero-order valence-electron chi connectivity index (χ0n) is 13.5. The van der Waals surface area contributed by atoms with Crippen molar-refractivity contribution in [1.82, 2.24) is 4.90 Å². The monoisotopic (exact) mass is 347 g/mol. The van der Waals surface area contributed by atoms with Crippen LogP contribution in [-0.2, 0) is 4.74 Å². The van der Waals surface area contributed by atoms with E-state index in [9.17, 15) is 9.18 Å². The van der Waals surface area contributed by atoms with Gasteiger partial charge in [0.2, 0.25) is 0 Å². The van der Waals surface area contributed by atoms with E-state index in [2.05, 4.69) is 0 Å². The minimum Gasteiger partial charge on any atom is -0.381 e. The highest BCUT2D eigenvalue weighted by Crippen LogP contribution is 2.29. The number of hydrogen-bond donors (Lipinski definition) is 0. The fourth-order valence-electron chi connectivity index (χ4n) is 2.99. The van der Waals surface area contributed by atoms with Crippen LogP contribution in [0.15, 0.2) is 42.5 Å². The first kappa shape index (κ1) is 16.9. The van der Waals surface area contributed by atoms with Crippen molar-refractivity contribution in [1.29, 1.82) is 0 Å². The third-order valence-electron chi connectivity index (χ3n) is 4.44. The SMILES string of the molecule is COC1CCN(C(=O)c2ccc(-c3ccc(F)cc3Cl)cc2)CC1. The van der Waals surface area contributed by atoms with Crippen LogP contribution in [-0.4, -0.2) is 37.1 Å². The summed E-state index contributed by atoms with van der Waals surface area (Å²) in [5.41, 5.74) is 2.25. The highest BCUT2D eigenvalue weighted by atomic mass is 35.5. The largest absolute Gasteiger partial charge is 0.381 e. The van der Waals surface area contributed by atoms with Crippen LogP contribution in [0.4, 0.5) is 4.39 Å². The number of rotatable bonds is 3. The van der Waals surface area contributed by atoms with E-state index in [4.69, 9.17) is 16.3 Å². The van der Waals surface area contributed by atoms with Crippen LogP contribution in [0.2, 0.25) is 5.02 Å². The second kappa shape index (κ2) is 7.32. The Balaban J connectivity index is 1.73. The number of halogens is 2. The van der Waals surface area contributed by atoms with Crippen LogP contribution in [0.1, 0.15) is 23.2 Å². The molecule has 1 fully saturated rings. The lowest BCUT2D eigenvalue weighted by atomic mass is 10.0. The van der Waals surface area contributed by atoms with Crippen molar-refractivity contribution >= 4 is 17.5 Å². The molecule has 1 aliphatic heterocycles. The Hall–Kier alpha value is -1.91. The van der Waals surface area contributed by atoms with Gasteiger partial charge < -0.3 is 9.64 Å². The topological polar surface area (TPSA) is 29.5 Å². The number of benzene rings is 2. The molecule has 1 amide bonds. The molecule has 3 nitrogen and oxygen atoms in total. The maximum atomic E-state index is 13.1. The number of ether oxygens (including phenoxy) is 1. The van der Waals surface area contributed by atoms with Gasteiger partial charge in [0.05, 0.1) is 11.1 Å². The Labute approximate surface area is 146 Å². The van der Waals surface area contributed by atoms with Crippen molar-refractivity contribution in [2.75, 3.05) is 20.2 Å². The van der Waals surface area contributed by atoms with Gasteiger partial charge in [-0.05, 0) is 48.7 Å². The van der Waals surface area contributed by atoms with E-state index in [-0.39, 0.29) is 17.8 Å². The summed E-state index contributed by atoms with van der Waals surface area (Å²) in [4.78, 5) is 14.4. The molecule has 0 aliphatic carbocycles. The summed E-state index contributed by atoms with van der Waals surface area (Å²) in [5, 5.41) is 0.357. The van der Waals surface area contributed by atoms with Gasteiger partial charge in [0, 0.05) is 31.3 Å². The molecule has 2 aromatic carbocycles. The summed E-state index contributed by atoms with van der Waals surface area (Å²) in [6.45, 7) is 1.42. The predicted octanol–water partition coefficient (Wildman–Crippen LogP) is 4.40. The van der Waals surface area contributed by atoms with Gasteiger partial charge in [0.25, 0.3) is 5.91 Å². The Bertz CT molecular complexity index is 725. The van der Waals surface area contributed by atoms with Gasteiger partial charge in [-0.15, -0.1) is 0 Å². The summed E-state index contributed by atoms with van der Waals surface area (Å²) in [5.74, 6) is -0.337. The van der Waals surface area contributed by atoms with Crippen molar-refractivity contribution in [2.24, 2.45) is 0 Å². The number of carbonyl (C=O) groups excluding carboxylic acids is 1. The first-order valence-electron chi connectivity index (χ1n) is 7.96. The second-order valence-electron chi connectivity index (χ2n) is 5.93. The molecule has 0 N–H and O–H groups in total. The minimum atomic E-state index is -0.366. The van der Waals surface area contributed by atoms with E-state index in [1.165, 1.54) is 12.1 Å². The Kier molecular flexibility index (Phi) is 5.17. The maximum absolute atomic E-state index is 13.1. The van der Waals surface area contributed by atoms with Crippen molar-refractivity contribution in [3.63, 3.8) is 0 Å². The fraction of sp³-hybridized carbons (Fsp3) is 0.316. The van der Waals surface area contributed by atoms with Crippen molar-refractivity contribution in [3.05, 3.63) is 58.9 Å². The number of hydrogen-bond acceptors (Lipinski definition) is 2. The van der Waals surface area contributed by atoms with Crippen LogP contribution >= 0.6 is 11.6 Å². The van der Waals surface area contributed by atoms with Crippen molar-refractivity contribution in [2.45, 2.75) is 18.9 Å². The van der Waals surface area contributed by atoms with Gasteiger partial charge in [0.15, 0.2) is 0 Å². The number of methoxy groups -OCH3 is 1. The van der Waals surface area contributed by atoms with Crippen molar-refractivity contribution in [3.8, 4) is 11.1 Å². The first-order valence-corrected chi connectivity index (χ1v) is 8.34. The average Bonchev–Trinajstić information content (AvgIpc) is 2.61. The summed E-state index contributed by atoms with van der Waals surface area (Å²) in [6, 6.07) is 11.6. The molecule has 0 radical (unpaired) electrons. The van der Waals surface area contributed by atoms with Crippen LogP contribution in [0.5, 0.6) is 0 Å². The van der Waals surface area contributed by atoms with E-state index < -0.39 is 0 Å². The summed E-state index contributed by atoms with van der Waals surface area (Å²) >= 11 is 6.09. The van der Waals surface area contributed by atoms with Crippen LogP contribution < -0.4 is 0 Å². The number of likely N-dealkylation sites (tertiary alicyclic amines) is 1. The average molecular weight is 348 g/mol. The minimum absolute atomic E-state index is 0.0290. The van der Waals surface area contributed by atoms with E-state index >= 15 is 0 Å². The summed E-state index contributed by atoms with van der Waals surface area (Å²) in [6.07, 6.45) is 1.98. The zero-order chi connectivity index (χ0) is 17.1. The quantitative estimate of drug-likeness (QED) is 0.823. The third-order valence-corrected chi connectivity index (χ3v) is 4.75. The molecular formula is C19H19ClFNO2. The summed E-state index contributed by atoms with van der Waals surface area (Å²) < 4.78 is 18.5. The Morgan fingerprint density at radius 2 is 1.83 bits per heavy atom. The lowest BCUT2D eigenvalue weighted by Crippen LogP contribution is -2.40. The number of nitrogens with zero attached hydrogens (tertiary/aromatic N) is 1. The van der Waals surface area contributed by atoms with E-state index in [0.717, 1.165) is 24.0 Å². The molecule has 0 aromatic heterocycles. The summed E-state index contributed by atoms with van der Waals surface area (Å²) in [7, 11) is 1.71. The molecule has 2 aromatic rings. The lowest BCUT2D eigenvalue weighted by Gasteiger charge is -2.31. The van der Waals surface area contributed by atoms with E-state index in [0.29, 0.717) is 23.7 Å². The van der Waals surface area contributed by atoms with E-state index in [1.807, 2.05) is 17.0 Å². The van der Waals surface area contributed by atoms with E-state index in [1.54, 1.807) is 25.3 Å². The molecule has 0 spiro atoms. The molecule has 1 heterocycles. The normalized spacial score (nSPS) is 15.5. The zero-order valence-corrected chi connectivity index (χ0v) is 14.2. The second-order valence-corrected chi connectivity index (χ2v) is 6.34. The molecule has 0 bridgehead atoms. The lowest BCUT2D eigenvalue weighted by molar-refractivity contribution is 0.0351. The molecular weight excluding hydrogens is 329 g/mol. The predicted molar refractivity (Wildman–Crippen MR) is 92.8 cm³/mol. The molecule has 1 aliphatic rings. The highest BCUT2D eigenvalue weighted by Gasteiger charge is 2.23. The molecule has 0 saturated carbocycles. The third kappa shape index (κ3) is 3.60. The maximum Gasteiger partial charge on any atom is 0.253 e. The van der Waals surface area contributed by atoms with Gasteiger partial charge in [0.1, 0.15) is 5.82 Å². The number of piperidine rings is 1. The molecule has 24 heavy (non-hydrogen) atoms. The number of carbonyl (C=O) groups is 1. The van der Waals surface area contributed by atoms with Crippen LogP contribution in [0.3, 0.4) is 0 Å². The molecule has 5 heteroatoms. The standard InChI is InChI=1S/C19H19ClFNO2/c1-24-16-8-10-22(11-9-16)19(23)14-4-2-13(3-5-14)17-7-6-15(21)12-18(17)20/h2-7,12,16H,8-11H2,1H3. The molecule has 126 valence electrons. The van der Waals surface area contributed by atoms with Gasteiger partial charge in [-0.25, -0.2) is 4.39 Å². The molecule has 0 unspecified atom stereocenters. The van der Waals surface area contributed by atoms with Gasteiger partial charge in [-0.1, -0.05) is 23.7 Å². The smallest absolute Gasteiger partial charge is 0.253 e. The Morgan fingerprint density at radius 3 is 2.42 bits per heavy atom. The van der Waals surface area contributed by atoms with Gasteiger partial charge in [-0.3, -0.25) is 4.79 Å². The molecule has 3 rings (SSSR count). The first-order chi connectivity index (χ1) is 11.6. The molecule has 1 saturated heterocycles. The van der Waals surface area contributed by atoms with Gasteiger partial charge >= 0.3 is 0 Å². The van der Waals surface area contributed by atoms with Crippen molar-refractivity contribution < 1.29 is 13.9 Å². The van der Waals surface area contributed by atoms with Crippen LogP contribution in [0.25, 0.3) is 11.1 Å². The Morgan fingerprint density at radius 1 is 1.17 bits per heavy atom.